The van der Waals surface area contributed by atoms with Crippen LogP contribution in [-0.2, 0) is 17.9 Å². The highest BCUT2D eigenvalue weighted by atomic mass is 19.4. The van der Waals surface area contributed by atoms with Crippen molar-refractivity contribution in [1.82, 2.24) is 19.2 Å². The van der Waals surface area contributed by atoms with Gasteiger partial charge < -0.3 is 9.67 Å². The Labute approximate surface area is 178 Å². The van der Waals surface area contributed by atoms with Crippen LogP contribution in [0, 0.1) is 0 Å². The summed E-state index contributed by atoms with van der Waals surface area (Å²) < 4.78 is 36.2. The van der Waals surface area contributed by atoms with E-state index in [2.05, 4.69) is 80.2 Å². The molecular weight excluding hydrogens is 409 g/mol. The molecule has 0 unspecified atom stereocenters. The van der Waals surface area contributed by atoms with E-state index in [9.17, 15) is 13.2 Å². The fourth-order valence-corrected chi connectivity index (χ4v) is 3.59. The molecule has 1 fully saturated rings. The van der Waals surface area contributed by atoms with Crippen LogP contribution in [0.15, 0.2) is 67.1 Å². The zero-order valence-corrected chi connectivity index (χ0v) is 16.9. The van der Waals surface area contributed by atoms with Crippen molar-refractivity contribution < 1.29 is 23.1 Å². The first-order valence-electron chi connectivity index (χ1n) is 10.0. The first-order chi connectivity index (χ1) is 14.8. The van der Waals surface area contributed by atoms with Gasteiger partial charge in [0.15, 0.2) is 0 Å². The first kappa shape index (κ1) is 22.6. The maximum absolute atomic E-state index is 10.6. The summed E-state index contributed by atoms with van der Waals surface area (Å²) in [4.78, 5) is 11.4. The summed E-state index contributed by atoms with van der Waals surface area (Å²) in [6.45, 7) is 4.15. The van der Waals surface area contributed by atoms with Gasteiger partial charge in [0.1, 0.15) is 0 Å². The average molecular weight is 434 g/mol. The molecule has 31 heavy (non-hydrogen) atoms. The van der Waals surface area contributed by atoms with Crippen LogP contribution in [0.25, 0.3) is 0 Å². The molecule has 0 atom stereocenters. The summed E-state index contributed by atoms with van der Waals surface area (Å²) in [5.41, 5.74) is 2.60. The molecule has 166 valence electrons. The molecule has 0 spiro atoms. The van der Waals surface area contributed by atoms with Gasteiger partial charge in [-0.3, -0.25) is 9.58 Å². The van der Waals surface area contributed by atoms with Crippen molar-refractivity contribution in [1.29, 1.82) is 0 Å². The van der Waals surface area contributed by atoms with Crippen molar-refractivity contribution in [3.63, 3.8) is 0 Å². The Balaban J connectivity index is 0.000000339. The van der Waals surface area contributed by atoms with Crippen LogP contribution in [0.2, 0.25) is 0 Å². The standard InChI is InChI=1S/C20H24N4.C2HF3O2/c1-2-6-18(7-3-1)16-24-20(8-11-21-24)17-22-14-9-19(10-15-22)23-12-4-5-13-23;3-2(4,5)1(6)7/h1-8,11-13,19H,9-10,14-17H2;(H,6,7). The second-order valence-corrected chi connectivity index (χ2v) is 7.41. The largest absolute Gasteiger partial charge is 0.490 e. The average Bonchev–Trinajstić information content (AvgIpc) is 3.42. The number of benzene rings is 1. The minimum absolute atomic E-state index is 0.658. The summed E-state index contributed by atoms with van der Waals surface area (Å²) in [6, 6.07) is 17.6. The molecule has 1 aliphatic heterocycles. The molecule has 4 rings (SSSR count). The van der Waals surface area contributed by atoms with Crippen LogP contribution in [-0.4, -0.2) is 49.6 Å². The van der Waals surface area contributed by atoms with Gasteiger partial charge >= 0.3 is 12.1 Å². The molecule has 0 radical (unpaired) electrons. The molecular formula is C22H25F3N4O2. The van der Waals surface area contributed by atoms with Gasteiger partial charge in [-0.15, -0.1) is 0 Å². The quantitative estimate of drug-likeness (QED) is 0.654. The smallest absolute Gasteiger partial charge is 0.475 e. The molecule has 9 heteroatoms. The third kappa shape index (κ3) is 6.71. The van der Waals surface area contributed by atoms with Gasteiger partial charge in [0.05, 0.1) is 12.2 Å². The molecule has 0 amide bonds. The summed E-state index contributed by atoms with van der Waals surface area (Å²) in [6.07, 6.45) is 3.67. The number of carboxylic acid groups (broad SMARTS) is 1. The lowest BCUT2D eigenvalue weighted by Crippen LogP contribution is -2.34. The topological polar surface area (TPSA) is 63.3 Å². The van der Waals surface area contributed by atoms with Crippen molar-refractivity contribution in [2.45, 2.75) is 38.1 Å². The minimum Gasteiger partial charge on any atom is -0.475 e. The molecule has 1 aromatic carbocycles. The number of hydrogen-bond donors (Lipinski definition) is 1. The number of aliphatic carboxylic acids is 1. The van der Waals surface area contributed by atoms with Crippen molar-refractivity contribution >= 4 is 5.97 Å². The van der Waals surface area contributed by atoms with E-state index in [4.69, 9.17) is 9.90 Å². The number of likely N-dealkylation sites (tertiary alicyclic amines) is 1. The van der Waals surface area contributed by atoms with Crippen LogP contribution in [0.3, 0.4) is 0 Å². The lowest BCUT2D eigenvalue weighted by Gasteiger charge is -2.32. The van der Waals surface area contributed by atoms with E-state index in [-0.39, 0.29) is 0 Å². The predicted octanol–water partition coefficient (Wildman–Crippen LogP) is 4.20. The van der Waals surface area contributed by atoms with Crippen molar-refractivity contribution in [3.05, 3.63) is 78.4 Å². The second kappa shape index (κ2) is 10.3. The molecule has 0 saturated carbocycles. The number of aromatic nitrogens is 3. The van der Waals surface area contributed by atoms with Crippen LogP contribution in [0.1, 0.15) is 30.1 Å². The summed E-state index contributed by atoms with van der Waals surface area (Å²) in [5.74, 6) is -2.76. The highest BCUT2D eigenvalue weighted by Gasteiger charge is 2.38. The van der Waals surface area contributed by atoms with E-state index >= 15 is 0 Å². The monoisotopic (exact) mass is 434 g/mol. The maximum Gasteiger partial charge on any atom is 0.490 e. The fraction of sp³-hybridized carbons (Fsp3) is 0.364. The van der Waals surface area contributed by atoms with Crippen LogP contribution < -0.4 is 0 Å². The number of nitrogens with zero attached hydrogens (tertiary/aromatic N) is 4. The lowest BCUT2D eigenvalue weighted by molar-refractivity contribution is -0.192. The Morgan fingerprint density at radius 2 is 1.61 bits per heavy atom. The van der Waals surface area contributed by atoms with Crippen LogP contribution in [0.4, 0.5) is 13.2 Å². The van der Waals surface area contributed by atoms with Crippen LogP contribution >= 0.6 is 0 Å². The third-order valence-corrected chi connectivity index (χ3v) is 5.21. The second-order valence-electron chi connectivity index (χ2n) is 7.41. The van der Waals surface area contributed by atoms with E-state index in [1.165, 1.54) is 24.1 Å². The van der Waals surface area contributed by atoms with E-state index in [0.29, 0.717) is 6.04 Å². The number of halogens is 3. The van der Waals surface area contributed by atoms with Crippen molar-refractivity contribution in [3.8, 4) is 0 Å². The van der Waals surface area contributed by atoms with E-state index in [1.807, 2.05) is 6.20 Å². The van der Waals surface area contributed by atoms with Gasteiger partial charge in [0.25, 0.3) is 0 Å². The normalized spacial score (nSPS) is 15.3. The molecule has 0 bridgehead atoms. The van der Waals surface area contributed by atoms with E-state index in [0.717, 1.165) is 26.2 Å². The van der Waals surface area contributed by atoms with Crippen molar-refractivity contribution in [2.24, 2.45) is 0 Å². The molecule has 0 aliphatic carbocycles. The van der Waals surface area contributed by atoms with E-state index < -0.39 is 12.1 Å². The molecule has 1 saturated heterocycles. The minimum atomic E-state index is -5.08. The summed E-state index contributed by atoms with van der Waals surface area (Å²) >= 11 is 0. The number of carboxylic acids is 1. The number of piperidine rings is 1. The zero-order valence-electron chi connectivity index (χ0n) is 16.9. The Morgan fingerprint density at radius 3 is 2.19 bits per heavy atom. The number of carbonyl (C=O) groups is 1. The van der Waals surface area contributed by atoms with Gasteiger partial charge in [0.2, 0.25) is 0 Å². The lowest BCUT2D eigenvalue weighted by atomic mass is 10.0. The highest BCUT2D eigenvalue weighted by Crippen LogP contribution is 2.23. The maximum atomic E-state index is 10.6. The number of alkyl halides is 3. The van der Waals surface area contributed by atoms with Gasteiger partial charge in [-0.25, -0.2) is 4.79 Å². The first-order valence-corrected chi connectivity index (χ1v) is 10.0. The Morgan fingerprint density at radius 1 is 1.00 bits per heavy atom. The van der Waals surface area contributed by atoms with Gasteiger partial charge in [-0.2, -0.15) is 18.3 Å². The van der Waals surface area contributed by atoms with Gasteiger partial charge in [-0.1, -0.05) is 30.3 Å². The van der Waals surface area contributed by atoms with Gasteiger partial charge in [0, 0.05) is 44.3 Å². The third-order valence-electron chi connectivity index (χ3n) is 5.21. The molecule has 6 nitrogen and oxygen atoms in total. The molecule has 1 aliphatic rings. The van der Waals surface area contributed by atoms with E-state index in [1.54, 1.807) is 0 Å². The summed E-state index contributed by atoms with van der Waals surface area (Å²) in [5, 5.41) is 11.6. The Kier molecular flexibility index (Phi) is 7.51. The van der Waals surface area contributed by atoms with Crippen LogP contribution in [0.5, 0.6) is 0 Å². The Bertz CT molecular complexity index is 931. The number of rotatable bonds is 5. The predicted molar refractivity (Wildman–Crippen MR) is 109 cm³/mol. The zero-order chi connectivity index (χ0) is 22.3. The number of hydrogen-bond acceptors (Lipinski definition) is 3. The van der Waals surface area contributed by atoms with Gasteiger partial charge in [-0.05, 0) is 36.6 Å². The highest BCUT2D eigenvalue weighted by molar-refractivity contribution is 5.73. The molecule has 1 N–H and O–H groups in total. The van der Waals surface area contributed by atoms with Crippen molar-refractivity contribution in [2.75, 3.05) is 13.1 Å². The SMILES string of the molecule is O=C(O)C(F)(F)F.c1ccc(Cn2nccc2CN2CCC(n3cccc3)CC2)cc1. The molecule has 2 aromatic heterocycles. The summed E-state index contributed by atoms with van der Waals surface area (Å²) in [7, 11) is 0. The molecule has 3 heterocycles. The molecule has 3 aromatic rings. The Hall–Kier alpha value is -3.07. The fourth-order valence-electron chi connectivity index (χ4n) is 3.59.